The lowest BCUT2D eigenvalue weighted by molar-refractivity contribution is -0.134. The summed E-state index contributed by atoms with van der Waals surface area (Å²) in [5.74, 6) is 0.241. The number of aromatic amines is 1. The molecule has 1 fully saturated rings. The lowest BCUT2D eigenvalue weighted by Crippen LogP contribution is -2.44. The van der Waals surface area contributed by atoms with E-state index in [1.54, 1.807) is 7.11 Å². The van der Waals surface area contributed by atoms with Crippen LogP contribution in [0.25, 0.3) is 10.9 Å². The summed E-state index contributed by atoms with van der Waals surface area (Å²) in [7, 11) is 1.72. The van der Waals surface area contributed by atoms with Gasteiger partial charge in [-0.15, -0.1) is 0 Å². The lowest BCUT2D eigenvalue weighted by atomic mass is 9.98. The van der Waals surface area contributed by atoms with Gasteiger partial charge in [0.25, 0.3) is 0 Å². The minimum atomic E-state index is 0.241. The number of aromatic nitrogens is 1. The van der Waals surface area contributed by atoms with E-state index in [-0.39, 0.29) is 5.91 Å². The molecule has 0 aliphatic carbocycles. The molecule has 1 amide bonds. The van der Waals surface area contributed by atoms with Crippen LogP contribution in [0.3, 0.4) is 0 Å². The summed E-state index contributed by atoms with van der Waals surface area (Å²) in [5.41, 5.74) is 2.19. The molecule has 1 aromatic heterocycles. The molecule has 1 aliphatic heterocycles. The van der Waals surface area contributed by atoms with Crippen molar-refractivity contribution in [3.8, 4) is 0 Å². The fourth-order valence-corrected chi connectivity index (χ4v) is 3.43. The number of benzene rings is 1. The van der Waals surface area contributed by atoms with Crippen molar-refractivity contribution in [3.05, 3.63) is 36.0 Å². The van der Waals surface area contributed by atoms with E-state index in [2.05, 4.69) is 16.0 Å². The Morgan fingerprint density at radius 3 is 3.09 bits per heavy atom. The maximum atomic E-state index is 12.8. The van der Waals surface area contributed by atoms with Crippen molar-refractivity contribution >= 4 is 16.8 Å². The molecule has 4 nitrogen and oxygen atoms in total. The third-order valence-corrected chi connectivity index (χ3v) is 4.62. The van der Waals surface area contributed by atoms with Crippen molar-refractivity contribution < 1.29 is 9.53 Å². The van der Waals surface area contributed by atoms with Gasteiger partial charge in [-0.3, -0.25) is 4.79 Å². The Morgan fingerprint density at radius 2 is 2.23 bits per heavy atom. The number of likely N-dealkylation sites (tertiary alicyclic amines) is 1. The molecule has 4 heteroatoms. The topological polar surface area (TPSA) is 45.3 Å². The Morgan fingerprint density at radius 1 is 1.36 bits per heavy atom. The zero-order chi connectivity index (χ0) is 15.4. The van der Waals surface area contributed by atoms with E-state index in [0.29, 0.717) is 12.5 Å². The normalized spacial score (nSPS) is 18.8. The number of fused-ring (bicyclic) bond motifs is 1. The zero-order valence-corrected chi connectivity index (χ0v) is 13.2. The molecule has 0 unspecified atom stereocenters. The fourth-order valence-electron chi connectivity index (χ4n) is 3.43. The Kier molecular flexibility index (Phi) is 4.78. The van der Waals surface area contributed by atoms with Gasteiger partial charge in [-0.2, -0.15) is 0 Å². The number of hydrogen-bond acceptors (Lipinski definition) is 2. The highest BCUT2D eigenvalue weighted by atomic mass is 16.5. The third-order valence-electron chi connectivity index (χ3n) is 4.62. The van der Waals surface area contributed by atoms with Gasteiger partial charge in [-0.1, -0.05) is 18.2 Å². The minimum absolute atomic E-state index is 0.241. The summed E-state index contributed by atoms with van der Waals surface area (Å²) >= 11 is 0. The predicted molar refractivity (Wildman–Crippen MR) is 87.8 cm³/mol. The average molecular weight is 300 g/mol. The van der Waals surface area contributed by atoms with Gasteiger partial charge in [-0.05, 0) is 37.3 Å². The van der Waals surface area contributed by atoms with Gasteiger partial charge < -0.3 is 14.6 Å². The first kappa shape index (κ1) is 15.1. The number of hydrogen-bond donors (Lipinski definition) is 1. The van der Waals surface area contributed by atoms with E-state index in [1.807, 2.05) is 24.4 Å². The van der Waals surface area contributed by atoms with Gasteiger partial charge in [0.1, 0.15) is 0 Å². The number of piperidine rings is 1. The molecule has 118 valence electrons. The molecule has 0 bridgehead atoms. The van der Waals surface area contributed by atoms with Gasteiger partial charge in [0.15, 0.2) is 0 Å². The van der Waals surface area contributed by atoms with Gasteiger partial charge in [0.05, 0.1) is 6.42 Å². The largest absolute Gasteiger partial charge is 0.385 e. The van der Waals surface area contributed by atoms with Crippen molar-refractivity contribution in [1.29, 1.82) is 0 Å². The van der Waals surface area contributed by atoms with Gasteiger partial charge >= 0.3 is 0 Å². The number of carbonyl (C=O) groups is 1. The average Bonchev–Trinajstić information content (AvgIpc) is 2.96. The monoisotopic (exact) mass is 300 g/mol. The van der Waals surface area contributed by atoms with E-state index in [1.165, 1.54) is 6.42 Å². The Labute approximate surface area is 131 Å². The van der Waals surface area contributed by atoms with Crippen LogP contribution in [-0.2, 0) is 16.0 Å². The summed E-state index contributed by atoms with van der Waals surface area (Å²) in [4.78, 5) is 18.1. The minimum Gasteiger partial charge on any atom is -0.385 e. The van der Waals surface area contributed by atoms with Crippen molar-refractivity contribution in [2.45, 2.75) is 38.1 Å². The van der Waals surface area contributed by atoms with Gasteiger partial charge in [0, 0.05) is 43.4 Å². The number of amides is 1. The van der Waals surface area contributed by atoms with Crippen LogP contribution in [-0.4, -0.2) is 42.1 Å². The molecule has 0 radical (unpaired) electrons. The fraction of sp³-hybridized carbons (Fsp3) is 0.500. The maximum absolute atomic E-state index is 12.8. The van der Waals surface area contributed by atoms with Crippen molar-refractivity contribution in [2.24, 2.45) is 0 Å². The number of ether oxygens (including phenoxy) is 1. The van der Waals surface area contributed by atoms with Crippen LogP contribution in [0.1, 0.15) is 31.2 Å². The first-order valence-corrected chi connectivity index (χ1v) is 8.13. The number of methoxy groups -OCH3 is 1. The lowest BCUT2D eigenvalue weighted by Gasteiger charge is -2.36. The van der Waals surface area contributed by atoms with Crippen LogP contribution in [0.15, 0.2) is 30.5 Å². The molecule has 2 aromatic rings. The van der Waals surface area contributed by atoms with Crippen molar-refractivity contribution in [1.82, 2.24) is 9.88 Å². The van der Waals surface area contributed by atoms with E-state index < -0.39 is 0 Å². The highest BCUT2D eigenvalue weighted by Crippen LogP contribution is 2.23. The quantitative estimate of drug-likeness (QED) is 0.922. The molecule has 1 atom stereocenters. The van der Waals surface area contributed by atoms with Crippen LogP contribution in [0.2, 0.25) is 0 Å². The van der Waals surface area contributed by atoms with Gasteiger partial charge in [-0.25, -0.2) is 0 Å². The number of rotatable bonds is 5. The first-order valence-electron chi connectivity index (χ1n) is 8.13. The van der Waals surface area contributed by atoms with Gasteiger partial charge in [0.2, 0.25) is 5.91 Å². The number of carbonyl (C=O) groups excluding carboxylic acids is 1. The number of para-hydroxylation sites is 1. The maximum Gasteiger partial charge on any atom is 0.227 e. The van der Waals surface area contributed by atoms with Crippen LogP contribution in [0.4, 0.5) is 0 Å². The van der Waals surface area contributed by atoms with Crippen LogP contribution in [0.5, 0.6) is 0 Å². The van der Waals surface area contributed by atoms with E-state index >= 15 is 0 Å². The molecule has 0 spiro atoms. The van der Waals surface area contributed by atoms with Crippen LogP contribution >= 0.6 is 0 Å². The van der Waals surface area contributed by atoms with Crippen molar-refractivity contribution in [2.75, 3.05) is 20.3 Å². The standard InChI is InChI=1S/C18H24N2O2/c1-22-11-9-15-6-4-5-10-20(15)18(21)12-14-13-19-17-8-3-2-7-16(14)17/h2-3,7-8,13,15,19H,4-6,9-12H2,1H3/t15-/m0/s1. The molecule has 22 heavy (non-hydrogen) atoms. The molecular formula is C18H24N2O2. The van der Waals surface area contributed by atoms with E-state index in [4.69, 9.17) is 4.74 Å². The van der Waals surface area contributed by atoms with Crippen LogP contribution < -0.4 is 0 Å². The smallest absolute Gasteiger partial charge is 0.227 e. The molecule has 1 N–H and O–H groups in total. The summed E-state index contributed by atoms with van der Waals surface area (Å²) in [6, 6.07) is 8.49. The molecule has 2 heterocycles. The Bertz CT molecular complexity index is 635. The van der Waals surface area contributed by atoms with E-state index in [0.717, 1.165) is 48.9 Å². The predicted octanol–water partition coefficient (Wildman–Crippen LogP) is 3.13. The molecule has 0 saturated carbocycles. The molecule has 3 rings (SSSR count). The second-order valence-corrected chi connectivity index (χ2v) is 6.05. The third kappa shape index (κ3) is 3.17. The summed E-state index contributed by atoms with van der Waals surface area (Å²) < 4.78 is 5.19. The number of H-pyrrole nitrogens is 1. The Balaban J connectivity index is 1.72. The van der Waals surface area contributed by atoms with Crippen LogP contribution in [0, 0.1) is 0 Å². The highest BCUT2D eigenvalue weighted by molar-refractivity contribution is 5.89. The second kappa shape index (κ2) is 6.97. The summed E-state index contributed by atoms with van der Waals surface area (Å²) in [6.07, 6.45) is 6.82. The SMILES string of the molecule is COCC[C@@H]1CCCCN1C(=O)Cc1c[nH]c2ccccc12. The first-order chi connectivity index (χ1) is 10.8. The number of nitrogens with zero attached hydrogens (tertiary/aromatic N) is 1. The molecule has 1 saturated heterocycles. The summed E-state index contributed by atoms with van der Waals surface area (Å²) in [5, 5.41) is 1.15. The Hall–Kier alpha value is -1.81. The molecular weight excluding hydrogens is 276 g/mol. The van der Waals surface area contributed by atoms with Crippen molar-refractivity contribution in [3.63, 3.8) is 0 Å². The summed E-state index contributed by atoms with van der Waals surface area (Å²) in [6.45, 7) is 1.61. The zero-order valence-electron chi connectivity index (χ0n) is 13.2. The second-order valence-electron chi connectivity index (χ2n) is 6.05. The highest BCUT2D eigenvalue weighted by Gasteiger charge is 2.26. The van der Waals surface area contributed by atoms with E-state index in [9.17, 15) is 4.79 Å². The molecule has 1 aromatic carbocycles. The number of nitrogens with one attached hydrogen (secondary N) is 1. The molecule has 1 aliphatic rings.